The number of carbonyl (C=O) groups is 2. The molecule has 0 aliphatic rings. The summed E-state index contributed by atoms with van der Waals surface area (Å²) >= 11 is 1.40. The van der Waals surface area contributed by atoms with Gasteiger partial charge in [0.25, 0.3) is 0 Å². The average Bonchev–Trinajstić information content (AvgIpc) is 2.92. The number of amides is 2. The van der Waals surface area contributed by atoms with Crippen molar-refractivity contribution in [2.75, 3.05) is 39.0 Å². The fraction of sp³-hybridized carbons (Fsp3) is 0.706. The molecule has 7 heteroatoms. The topological polar surface area (TPSA) is 66.7 Å². The van der Waals surface area contributed by atoms with Crippen molar-refractivity contribution in [1.82, 2.24) is 9.88 Å². The van der Waals surface area contributed by atoms with Crippen molar-refractivity contribution in [1.29, 1.82) is 0 Å². The molecule has 6 nitrogen and oxygen atoms in total. The summed E-state index contributed by atoms with van der Waals surface area (Å²) in [6, 6.07) is 0. The highest BCUT2D eigenvalue weighted by molar-refractivity contribution is 7.13. The molecule has 136 valence electrons. The molecule has 1 heterocycles. The van der Waals surface area contributed by atoms with Gasteiger partial charge in [0.05, 0.1) is 32.9 Å². The minimum atomic E-state index is -0.181. The fourth-order valence-corrected chi connectivity index (χ4v) is 2.96. The molecule has 2 amide bonds. The van der Waals surface area contributed by atoms with Crippen LogP contribution in [0.1, 0.15) is 44.7 Å². The second kappa shape index (κ2) is 11.1. The van der Waals surface area contributed by atoms with Gasteiger partial charge in [0.1, 0.15) is 6.54 Å². The van der Waals surface area contributed by atoms with E-state index in [-0.39, 0.29) is 18.4 Å². The largest absolute Gasteiger partial charge is 0.338 e. The summed E-state index contributed by atoms with van der Waals surface area (Å²) < 4.78 is 0. The van der Waals surface area contributed by atoms with Gasteiger partial charge in [-0.2, -0.15) is 0 Å². The van der Waals surface area contributed by atoms with Crippen LogP contribution in [0.4, 0.5) is 5.13 Å². The zero-order valence-corrected chi connectivity index (χ0v) is 16.2. The van der Waals surface area contributed by atoms with Crippen molar-refractivity contribution in [2.24, 2.45) is 0 Å². The van der Waals surface area contributed by atoms with Crippen LogP contribution in [-0.4, -0.2) is 55.4 Å². The van der Waals surface area contributed by atoms with E-state index in [1.54, 1.807) is 4.90 Å². The molecule has 0 aromatic carbocycles. The lowest BCUT2D eigenvalue weighted by Crippen LogP contribution is -3.06. The molecule has 0 saturated carbocycles. The quantitative estimate of drug-likeness (QED) is 0.589. The third-order valence-corrected chi connectivity index (χ3v) is 4.55. The van der Waals surface area contributed by atoms with Gasteiger partial charge in [-0.15, -0.1) is 11.3 Å². The first kappa shape index (κ1) is 20.6. The maximum Gasteiger partial charge on any atom is 0.245 e. The molecule has 0 aliphatic heterocycles. The molecule has 0 aliphatic carbocycles. The molecule has 1 rings (SSSR count). The molecule has 2 N–H and O–H groups in total. The molecule has 1 aromatic heterocycles. The first-order valence-electron chi connectivity index (χ1n) is 8.71. The van der Waals surface area contributed by atoms with Crippen molar-refractivity contribution in [3.8, 4) is 0 Å². The minimum Gasteiger partial charge on any atom is -0.338 e. The number of likely N-dealkylation sites (N-methyl/N-ethyl adjacent to an activating group) is 1. The van der Waals surface area contributed by atoms with Crippen LogP contribution in [0, 0.1) is 6.92 Å². The van der Waals surface area contributed by atoms with E-state index in [4.69, 9.17) is 0 Å². The molecule has 0 fully saturated rings. The number of anilines is 1. The van der Waals surface area contributed by atoms with Gasteiger partial charge in [-0.3, -0.25) is 9.59 Å². The summed E-state index contributed by atoms with van der Waals surface area (Å²) in [5, 5.41) is 5.26. The predicted octanol–water partition coefficient (Wildman–Crippen LogP) is 1.33. The predicted molar refractivity (Wildman–Crippen MR) is 98.5 cm³/mol. The summed E-state index contributed by atoms with van der Waals surface area (Å²) in [5.74, 6) is -0.113. The van der Waals surface area contributed by atoms with E-state index in [2.05, 4.69) is 17.2 Å². The number of aryl methyl sites for hydroxylation is 1. The van der Waals surface area contributed by atoms with Crippen LogP contribution in [0.2, 0.25) is 0 Å². The molecule has 0 saturated heterocycles. The van der Waals surface area contributed by atoms with E-state index >= 15 is 0 Å². The highest BCUT2D eigenvalue weighted by Gasteiger charge is 2.18. The first-order chi connectivity index (χ1) is 11.4. The van der Waals surface area contributed by atoms with Gasteiger partial charge in [0.15, 0.2) is 5.13 Å². The third-order valence-electron chi connectivity index (χ3n) is 3.68. The van der Waals surface area contributed by atoms with Gasteiger partial charge < -0.3 is 15.1 Å². The molecule has 0 unspecified atom stereocenters. The maximum absolute atomic E-state index is 12.4. The number of thiazole rings is 1. The molecule has 0 radical (unpaired) electrons. The Morgan fingerprint density at radius 2 is 2.04 bits per heavy atom. The number of nitrogens with zero attached hydrogens (tertiary/aromatic N) is 2. The van der Waals surface area contributed by atoms with Crippen LogP contribution in [0.25, 0.3) is 0 Å². The summed E-state index contributed by atoms with van der Waals surface area (Å²) in [5.41, 5.74) is 0.885. The zero-order chi connectivity index (χ0) is 17.9. The van der Waals surface area contributed by atoms with E-state index in [0.29, 0.717) is 18.1 Å². The lowest BCUT2D eigenvalue weighted by atomic mass is 10.1. The summed E-state index contributed by atoms with van der Waals surface area (Å²) in [7, 11) is 4.09. The average molecular weight is 356 g/mol. The Bertz CT molecular complexity index is 516. The van der Waals surface area contributed by atoms with E-state index < -0.39 is 0 Å². The number of unbranched alkanes of at least 4 members (excludes halogenated alkanes) is 3. The Balaban J connectivity index is 2.53. The zero-order valence-electron chi connectivity index (χ0n) is 15.4. The summed E-state index contributed by atoms with van der Waals surface area (Å²) in [4.78, 5) is 31.8. The fourth-order valence-electron chi connectivity index (χ4n) is 2.26. The smallest absolute Gasteiger partial charge is 0.245 e. The highest BCUT2D eigenvalue weighted by Crippen LogP contribution is 2.14. The molecular weight excluding hydrogens is 324 g/mol. The normalized spacial score (nSPS) is 10.9. The van der Waals surface area contributed by atoms with Crippen molar-refractivity contribution < 1.29 is 14.5 Å². The summed E-state index contributed by atoms with van der Waals surface area (Å²) in [6.45, 7) is 5.55. The van der Waals surface area contributed by atoms with Gasteiger partial charge in [-0.05, 0) is 13.3 Å². The number of aromatic nitrogens is 1. The standard InChI is InChI=1S/C17H30N4O2S/c1-5-6-7-8-9-16(23)21(11-10-20(3)4)12-15(22)19-17-18-14(2)13-24-17/h13H,5-12H2,1-4H3,(H,18,19,22)/p+1. The van der Waals surface area contributed by atoms with E-state index in [9.17, 15) is 9.59 Å². The van der Waals surface area contributed by atoms with Gasteiger partial charge in [0, 0.05) is 11.8 Å². The Morgan fingerprint density at radius 1 is 1.29 bits per heavy atom. The Kier molecular flexibility index (Phi) is 9.56. The lowest BCUT2D eigenvalue weighted by Gasteiger charge is -2.22. The van der Waals surface area contributed by atoms with E-state index in [1.165, 1.54) is 16.2 Å². The van der Waals surface area contributed by atoms with Crippen molar-refractivity contribution >= 4 is 28.3 Å². The third kappa shape index (κ3) is 8.40. The molecule has 0 atom stereocenters. The first-order valence-corrected chi connectivity index (χ1v) is 9.59. The van der Waals surface area contributed by atoms with Crippen LogP contribution < -0.4 is 10.2 Å². The monoisotopic (exact) mass is 355 g/mol. The summed E-state index contributed by atoms with van der Waals surface area (Å²) in [6.07, 6.45) is 4.79. The number of nitrogens with one attached hydrogen (secondary N) is 2. The van der Waals surface area contributed by atoms with Crippen molar-refractivity contribution in [2.45, 2.75) is 46.0 Å². The van der Waals surface area contributed by atoms with E-state index in [0.717, 1.165) is 37.9 Å². The van der Waals surface area contributed by atoms with Gasteiger partial charge in [-0.25, -0.2) is 4.98 Å². The van der Waals surface area contributed by atoms with Crippen LogP contribution in [0.5, 0.6) is 0 Å². The Morgan fingerprint density at radius 3 is 2.62 bits per heavy atom. The minimum absolute atomic E-state index is 0.0674. The maximum atomic E-state index is 12.4. The van der Waals surface area contributed by atoms with Gasteiger partial charge in [0.2, 0.25) is 11.8 Å². The SMILES string of the molecule is CCCCCCC(=O)N(CC[NH+](C)C)CC(=O)Nc1nc(C)cs1. The second-order valence-electron chi connectivity index (χ2n) is 6.43. The van der Waals surface area contributed by atoms with Crippen molar-refractivity contribution in [3.63, 3.8) is 0 Å². The molecule has 0 spiro atoms. The van der Waals surface area contributed by atoms with Crippen molar-refractivity contribution in [3.05, 3.63) is 11.1 Å². The molecule has 24 heavy (non-hydrogen) atoms. The van der Waals surface area contributed by atoms with Crippen LogP contribution in [0.3, 0.4) is 0 Å². The number of hydrogen-bond acceptors (Lipinski definition) is 4. The Labute approximate surface area is 149 Å². The number of rotatable bonds is 11. The molecule has 0 bridgehead atoms. The highest BCUT2D eigenvalue weighted by atomic mass is 32.1. The Hall–Kier alpha value is -1.47. The number of carbonyl (C=O) groups excluding carboxylic acids is 2. The van der Waals surface area contributed by atoms with Gasteiger partial charge in [-0.1, -0.05) is 26.2 Å². The van der Waals surface area contributed by atoms with Crippen LogP contribution >= 0.6 is 11.3 Å². The van der Waals surface area contributed by atoms with Gasteiger partial charge >= 0.3 is 0 Å². The number of hydrogen-bond donors (Lipinski definition) is 2. The molecule has 1 aromatic rings. The number of quaternary nitrogens is 1. The van der Waals surface area contributed by atoms with Crippen LogP contribution in [-0.2, 0) is 9.59 Å². The van der Waals surface area contributed by atoms with E-state index in [1.807, 2.05) is 26.4 Å². The lowest BCUT2D eigenvalue weighted by molar-refractivity contribution is -0.857. The second-order valence-corrected chi connectivity index (χ2v) is 7.28. The molecular formula is C17H31N4O2S+. The van der Waals surface area contributed by atoms with Crippen LogP contribution in [0.15, 0.2) is 5.38 Å².